The first kappa shape index (κ1) is 12.0. The van der Waals surface area contributed by atoms with E-state index < -0.39 is 0 Å². The number of rotatable bonds is 4. The molecule has 2 heterocycles. The standard InChI is InChI=1S/C15H21NO2/c1-17-15-5-3-2-4-11(15)10-18-14-8-12-6-7-13(9-14)16-12/h2-5,12-14,16H,6-10H2,1H3. The molecule has 1 N–H and O–H groups in total. The number of fused-ring (bicyclic) bond motifs is 2. The number of para-hydroxylation sites is 1. The van der Waals surface area contributed by atoms with Crippen LogP contribution in [0.15, 0.2) is 24.3 Å². The van der Waals surface area contributed by atoms with Gasteiger partial charge in [-0.05, 0) is 31.7 Å². The average molecular weight is 247 g/mol. The zero-order valence-electron chi connectivity index (χ0n) is 10.9. The van der Waals surface area contributed by atoms with Gasteiger partial charge in [-0.3, -0.25) is 0 Å². The van der Waals surface area contributed by atoms with Gasteiger partial charge in [0.25, 0.3) is 0 Å². The highest BCUT2D eigenvalue weighted by Crippen LogP contribution is 2.29. The summed E-state index contributed by atoms with van der Waals surface area (Å²) in [5.41, 5.74) is 1.14. The Morgan fingerprint density at radius 3 is 2.61 bits per heavy atom. The van der Waals surface area contributed by atoms with Crippen LogP contribution in [0.4, 0.5) is 0 Å². The molecule has 0 radical (unpaired) electrons. The molecule has 3 heteroatoms. The summed E-state index contributed by atoms with van der Waals surface area (Å²) < 4.78 is 11.4. The Morgan fingerprint density at radius 1 is 1.17 bits per heavy atom. The highest BCUT2D eigenvalue weighted by Gasteiger charge is 2.33. The van der Waals surface area contributed by atoms with Gasteiger partial charge in [-0.25, -0.2) is 0 Å². The molecule has 2 saturated heterocycles. The van der Waals surface area contributed by atoms with Crippen molar-refractivity contribution >= 4 is 0 Å². The van der Waals surface area contributed by atoms with E-state index in [2.05, 4.69) is 11.4 Å². The average Bonchev–Trinajstić information content (AvgIpc) is 2.76. The topological polar surface area (TPSA) is 30.5 Å². The summed E-state index contributed by atoms with van der Waals surface area (Å²) in [6, 6.07) is 9.47. The minimum absolute atomic E-state index is 0.411. The van der Waals surface area contributed by atoms with Crippen molar-refractivity contribution in [2.45, 2.75) is 50.5 Å². The maximum absolute atomic E-state index is 6.07. The minimum atomic E-state index is 0.411. The van der Waals surface area contributed by atoms with Crippen LogP contribution >= 0.6 is 0 Å². The van der Waals surface area contributed by atoms with Crippen LogP contribution in [-0.2, 0) is 11.3 Å². The van der Waals surface area contributed by atoms with E-state index in [1.165, 1.54) is 12.8 Å². The van der Waals surface area contributed by atoms with Crippen molar-refractivity contribution in [2.75, 3.05) is 7.11 Å². The lowest BCUT2D eigenvalue weighted by Crippen LogP contribution is -2.41. The normalized spacial score (nSPS) is 30.4. The Hall–Kier alpha value is -1.06. The molecule has 0 amide bonds. The summed E-state index contributed by atoms with van der Waals surface area (Å²) >= 11 is 0. The van der Waals surface area contributed by atoms with Crippen LogP contribution in [0.5, 0.6) is 5.75 Å². The van der Waals surface area contributed by atoms with Gasteiger partial charge in [0.2, 0.25) is 0 Å². The molecule has 2 bridgehead atoms. The second-order valence-corrected chi connectivity index (χ2v) is 5.35. The van der Waals surface area contributed by atoms with E-state index in [1.807, 2.05) is 18.2 Å². The summed E-state index contributed by atoms with van der Waals surface area (Å²) in [7, 11) is 1.71. The first-order valence-corrected chi connectivity index (χ1v) is 6.84. The molecule has 0 saturated carbocycles. The van der Waals surface area contributed by atoms with Crippen molar-refractivity contribution < 1.29 is 9.47 Å². The number of piperidine rings is 1. The Kier molecular flexibility index (Phi) is 3.52. The molecule has 98 valence electrons. The van der Waals surface area contributed by atoms with Gasteiger partial charge in [-0.2, -0.15) is 0 Å². The van der Waals surface area contributed by atoms with Crippen molar-refractivity contribution in [3.63, 3.8) is 0 Å². The molecular weight excluding hydrogens is 226 g/mol. The fourth-order valence-corrected chi connectivity index (χ4v) is 3.17. The molecule has 1 aromatic rings. The molecule has 0 spiro atoms. The van der Waals surface area contributed by atoms with E-state index in [0.717, 1.165) is 24.2 Å². The lowest BCUT2D eigenvalue weighted by Gasteiger charge is -2.29. The van der Waals surface area contributed by atoms with Crippen LogP contribution in [0.3, 0.4) is 0 Å². The van der Waals surface area contributed by atoms with Gasteiger partial charge in [0, 0.05) is 17.6 Å². The first-order valence-electron chi connectivity index (χ1n) is 6.84. The zero-order chi connectivity index (χ0) is 12.4. The third-order valence-electron chi connectivity index (χ3n) is 4.10. The van der Waals surface area contributed by atoms with Crippen LogP contribution in [0.2, 0.25) is 0 Å². The Bertz CT molecular complexity index is 395. The maximum Gasteiger partial charge on any atom is 0.124 e. The number of hydrogen-bond acceptors (Lipinski definition) is 3. The van der Waals surface area contributed by atoms with Crippen molar-refractivity contribution in [1.82, 2.24) is 5.32 Å². The van der Waals surface area contributed by atoms with Gasteiger partial charge in [0.05, 0.1) is 19.8 Å². The van der Waals surface area contributed by atoms with Gasteiger partial charge in [0.15, 0.2) is 0 Å². The lowest BCUT2D eigenvalue weighted by molar-refractivity contribution is 0.00842. The second-order valence-electron chi connectivity index (χ2n) is 5.35. The van der Waals surface area contributed by atoms with Crippen LogP contribution in [0.1, 0.15) is 31.2 Å². The highest BCUT2D eigenvalue weighted by molar-refractivity contribution is 5.32. The molecule has 2 aliphatic rings. The minimum Gasteiger partial charge on any atom is -0.496 e. The summed E-state index contributed by atoms with van der Waals surface area (Å²) in [6.45, 7) is 0.661. The summed E-state index contributed by atoms with van der Waals surface area (Å²) in [5.74, 6) is 0.925. The smallest absolute Gasteiger partial charge is 0.124 e. The van der Waals surface area contributed by atoms with E-state index in [4.69, 9.17) is 9.47 Å². The van der Waals surface area contributed by atoms with Crippen LogP contribution in [-0.4, -0.2) is 25.3 Å². The van der Waals surface area contributed by atoms with E-state index in [-0.39, 0.29) is 0 Å². The van der Waals surface area contributed by atoms with Crippen molar-refractivity contribution in [1.29, 1.82) is 0 Å². The van der Waals surface area contributed by atoms with E-state index in [0.29, 0.717) is 24.8 Å². The SMILES string of the molecule is COc1ccccc1COC1CC2CCC(C1)N2. The predicted octanol–water partition coefficient (Wildman–Crippen LogP) is 2.49. The fraction of sp³-hybridized carbons (Fsp3) is 0.600. The molecule has 3 nitrogen and oxygen atoms in total. The van der Waals surface area contributed by atoms with Crippen LogP contribution in [0.25, 0.3) is 0 Å². The third-order valence-corrected chi connectivity index (χ3v) is 4.10. The highest BCUT2D eigenvalue weighted by atomic mass is 16.5. The van der Waals surface area contributed by atoms with Gasteiger partial charge >= 0.3 is 0 Å². The van der Waals surface area contributed by atoms with Crippen LogP contribution < -0.4 is 10.1 Å². The summed E-state index contributed by atoms with van der Waals surface area (Å²) in [4.78, 5) is 0. The Balaban J connectivity index is 1.58. The Morgan fingerprint density at radius 2 is 1.89 bits per heavy atom. The molecule has 2 atom stereocenters. The molecular formula is C15H21NO2. The molecule has 2 unspecified atom stereocenters. The zero-order valence-corrected chi connectivity index (χ0v) is 10.9. The second kappa shape index (κ2) is 5.29. The fourth-order valence-electron chi connectivity index (χ4n) is 3.17. The molecule has 0 aliphatic carbocycles. The van der Waals surface area contributed by atoms with Gasteiger partial charge in [-0.15, -0.1) is 0 Å². The van der Waals surface area contributed by atoms with Crippen molar-refractivity contribution in [3.8, 4) is 5.75 Å². The molecule has 2 aliphatic heterocycles. The number of benzene rings is 1. The van der Waals surface area contributed by atoms with Crippen LogP contribution in [0, 0.1) is 0 Å². The third kappa shape index (κ3) is 2.52. The summed E-state index contributed by atoms with van der Waals surface area (Å²) in [6.07, 6.45) is 5.36. The van der Waals surface area contributed by atoms with Gasteiger partial charge in [-0.1, -0.05) is 18.2 Å². The van der Waals surface area contributed by atoms with E-state index in [1.54, 1.807) is 7.11 Å². The van der Waals surface area contributed by atoms with Gasteiger partial charge < -0.3 is 14.8 Å². The van der Waals surface area contributed by atoms with Crippen molar-refractivity contribution in [2.24, 2.45) is 0 Å². The number of methoxy groups -OCH3 is 1. The molecule has 3 rings (SSSR count). The van der Waals surface area contributed by atoms with Crippen molar-refractivity contribution in [3.05, 3.63) is 29.8 Å². The molecule has 2 fully saturated rings. The van der Waals surface area contributed by atoms with E-state index in [9.17, 15) is 0 Å². The maximum atomic E-state index is 6.07. The molecule has 18 heavy (non-hydrogen) atoms. The monoisotopic (exact) mass is 247 g/mol. The molecule has 1 aromatic carbocycles. The summed E-state index contributed by atoms with van der Waals surface area (Å²) in [5, 5.41) is 3.64. The number of ether oxygens (including phenoxy) is 2. The molecule has 0 aromatic heterocycles. The first-order chi connectivity index (χ1) is 8.85. The Labute approximate surface area is 108 Å². The van der Waals surface area contributed by atoms with Gasteiger partial charge in [0.1, 0.15) is 5.75 Å². The largest absolute Gasteiger partial charge is 0.496 e. The van der Waals surface area contributed by atoms with E-state index >= 15 is 0 Å². The number of hydrogen-bond donors (Lipinski definition) is 1. The quantitative estimate of drug-likeness (QED) is 0.886. The number of nitrogens with one attached hydrogen (secondary N) is 1. The predicted molar refractivity (Wildman–Crippen MR) is 70.8 cm³/mol. The lowest BCUT2D eigenvalue weighted by atomic mass is 10.0.